The molecule has 0 unspecified atom stereocenters. The molecule has 0 aliphatic heterocycles. The van der Waals surface area contributed by atoms with Crippen LogP contribution in [0, 0.1) is 10.1 Å². The molecule has 0 saturated carbocycles. The van der Waals surface area contributed by atoms with E-state index in [1.54, 1.807) is 18.2 Å². The van der Waals surface area contributed by atoms with Crippen molar-refractivity contribution in [1.82, 2.24) is 5.32 Å². The van der Waals surface area contributed by atoms with Crippen LogP contribution in [0.4, 0.5) is 11.4 Å². The first-order chi connectivity index (χ1) is 9.45. The van der Waals surface area contributed by atoms with E-state index >= 15 is 0 Å². The number of hydrogen-bond donors (Lipinski definition) is 2. The highest BCUT2D eigenvalue weighted by Crippen LogP contribution is 2.31. The third-order valence-corrected chi connectivity index (χ3v) is 2.58. The van der Waals surface area contributed by atoms with E-state index < -0.39 is 4.92 Å². The SMILES string of the molecule is COc1cc(C=CCCNC(C)=O)c(N)c([N+](=O)[O-])c1. The van der Waals surface area contributed by atoms with Crippen molar-refractivity contribution >= 4 is 23.4 Å². The highest BCUT2D eigenvalue weighted by Gasteiger charge is 2.16. The fraction of sp³-hybridized carbons (Fsp3) is 0.308. The molecule has 0 heterocycles. The zero-order valence-corrected chi connectivity index (χ0v) is 11.4. The summed E-state index contributed by atoms with van der Waals surface area (Å²) in [5, 5.41) is 13.5. The molecule has 0 aliphatic carbocycles. The Morgan fingerprint density at radius 2 is 2.25 bits per heavy atom. The number of benzene rings is 1. The lowest BCUT2D eigenvalue weighted by atomic mass is 10.1. The lowest BCUT2D eigenvalue weighted by Crippen LogP contribution is -2.20. The maximum atomic E-state index is 10.9. The predicted octanol–water partition coefficient (Wildman–Crippen LogP) is 1.72. The summed E-state index contributed by atoms with van der Waals surface area (Å²) < 4.78 is 5.01. The number of anilines is 1. The Kier molecular flexibility index (Phi) is 5.52. The molecule has 20 heavy (non-hydrogen) atoms. The van der Waals surface area contributed by atoms with Gasteiger partial charge in [-0.05, 0) is 12.5 Å². The van der Waals surface area contributed by atoms with Crippen LogP contribution in [0.1, 0.15) is 18.9 Å². The summed E-state index contributed by atoms with van der Waals surface area (Å²) in [4.78, 5) is 21.0. The second-order valence-corrected chi connectivity index (χ2v) is 4.08. The number of nitrogens with zero attached hydrogens (tertiary/aromatic N) is 1. The number of amides is 1. The third kappa shape index (κ3) is 4.27. The van der Waals surface area contributed by atoms with Crippen LogP contribution in [0.25, 0.3) is 6.08 Å². The zero-order chi connectivity index (χ0) is 15.1. The van der Waals surface area contributed by atoms with Gasteiger partial charge in [0.05, 0.1) is 18.1 Å². The standard InChI is InChI=1S/C13H17N3O4/c1-9(17)15-6-4-3-5-10-7-11(20-2)8-12(13(10)14)16(18)19/h3,5,7-8H,4,6,14H2,1-2H3,(H,15,17). The fourth-order valence-corrected chi connectivity index (χ4v) is 1.58. The second kappa shape index (κ2) is 7.13. The molecular formula is C13H17N3O4. The summed E-state index contributed by atoms with van der Waals surface area (Å²) >= 11 is 0. The molecule has 1 aromatic rings. The number of rotatable bonds is 6. The number of methoxy groups -OCH3 is 1. The van der Waals surface area contributed by atoms with Gasteiger partial charge in [-0.15, -0.1) is 0 Å². The van der Waals surface area contributed by atoms with Crippen molar-refractivity contribution < 1.29 is 14.5 Å². The van der Waals surface area contributed by atoms with Crippen LogP contribution in [-0.4, -0.2) is 24.5 Å². The molecule has 7 nitrogen and oxygen atoms in total. The van der Waals surface area contributed by atoms with Crippen molar-refractivity contribution in [3.8, 4) is 5.75 Å². The maximum Gasteiger partial charge on any atom is 0.296 e. The first-order valence-electron chi connectivity index (χ1n) is 5.98. The first-order valence-corrected chi connectivity index (χ1v) is 5.98. The monoisotopic (exact) mass is 279 g/mol. The molecule has 0 radical (unpaired) electrons. The van der Waals surface area contributed by atoms with Crippen molar-refractivity contribution in [2.75, 3.05) is 19.4 Å². The summed E-state index contributed by atoms with van der Waals surface area (Å²) in [6.45, 7) is 1.94. The van der Waals surface area contributed by atoms with E-state index in [-0.39, 0.29) is 17.3 Å². The first kappa shape index (κ1) is 15.5. The number of carbonyl (C=O) groups is 1. The van der Waals surface area contributed by atoms with Gasteiger partial charge in [0.25, 0.3) is 5.69 Å². The van der Waals surface area contributed by atoms with Crippen molar-refractivity contribution in [2.24, 2.45) is 0 Å². The molecule has 0 bridgehead atoms. The number of nitrogens with one attached hydrogen (secondary N) is 1. The third-order valence-electron chi connectivity index (χ3n) is 2.58. The van der Waals surface area contributed by atoms with Gasteiger partial charge in [0.2, 0.25) is 5.91 Å². The minimum atomic E-state index is -0.549. The van der Waals surface area contributed by atoms with E-state index in [2.05, 4.69) is 5.32 Å². The summed E-state index contributed by atoms with van der Waals surface area (Å²) in [6.07, 6.45) is 4.06. The molecule has 108 valence electrons. The van der Waals surface area contributed by atoms with Crippen LogP contribution in [0.3, 0.4) is 0 Å². The Hall–Kier alpha value is -2.57. The number of nitrogen functional groups attached to an aromatic ring is 1. The normalized spacial score (nSPS) is 10.5. The van der Waals surface area contributed by atoms with E-state index in [0.717, 1.165) is 0 Å². The summed E-state index contributed by atoms with van der Waals surface area (Å²) in [7, 11) is 1.43. The molecule has 1 rings (SSSR count). The van der Waals surface area contributed by atoms with Crippen LogP contribution in [0.5, 0.6) is 5.75 Å². The largest absolute Gasteiger partial charge is 0.496 e. The van der Waals surface area contributed by atoms with Gasteiger partial charge < -0.3 is 15.8 Å². The van der Waals surface area contributed by atoms with Crippen LogP contribution in [-0.2, 0) is 4.79 Å². The zero-order valence-electron chi connectivity index (χ0n) is 11.4. The summed E-state index contributed by atoms with van der Waals surface area (Å²) in [5.74, 6) is 0.266. The van der Waals surface area contributed by atoms with Gasteiger partial charge in [0.1, 0.15) is 11.4 Å². The molecule has 7 heteroatoms. The van der Waals surface area contributed by atoms with E-state index in [1.165, 1.54) is 20.1 Å². The van der Waals surface area contributed by atoms with Gasteiger partial charge in [-0.25, -0.2) is 0 Å². The molecule has 1 amide bonds. The smallest absolute Gasteiger partial charge is 0.296 e. The van der Waals surface area contributed by atoms with Crippen molar-refractivity contribution in [2.45, 2.75) is 13.3 Å². The second-order valence-electron chi connectivity index (χ2n) is 4.08. The number of nitro groups is 1. The van der Waals surface area contributed by atoms with E-state index in [0.29, 0.717) is 24.3 Å². The van der Waals surface area contributed by atoms with Crippen LogP contribution < -0.4 is 15.8 Å². The quantitative estimate of drug-likeness (QED) is 0.357. The molecular weight excluding hydrogens is 262 g/mol. The lowest BCUT2D eigenvalue weighted by molar-refractivity contribution is -0.384. The molecule has 0 atom stereocenters. The predicted molar refractivity (Wildman–Crippen MR) is 76.4 cm³/mol. The molecule has 0 aliphatic rings. The van der Waals surface area contributed by atoms with Gasteiger partial charge in [-0.2, -0.15) is 0 Å². The molecule has 0 saturated heterocycles. The Morgan fingerprint density at radius 1 is 1.55 bits per heavy atom. The number of nitrogens with two attached hydrogens (primary N) is 1. The summed E-state index contributed by atoms with van der Waals surface area (Å²) in [6, 6.07) is 2.90. The van der Waals surface area contributed by atoms with Crippen molar-refractivity contribution in [3.63, 3.8) is 0 Å². The topological polar surface area (TPSA) is 107 Å². The number of hydrogen-bond acceptors (Lipinski definition) is 5. The minimum absolute atomic E-state index is 0.0894. The average Bonchev–Trinajstić information content (AvgIpc) is 2.39. The van der Waals surface area contributed by atoms with Gasteiger partial charge >= 0.3 is 0 Å². The maximum absolute atomic E-state index is 10.9. The highest BCUT2D eigenvalue weighted by atomic mass is 16.6. The van der Waals surface area contributed by atoms with E-state index in [1.807, 2.05) is 0 Å². The molecule has 3 N–H and O–H groups in total. The number of nitro benzene ring substituents is 1. The highest BCUT2D eigenvalue weighted by molar-refractivity contribution is 5.75. The van der Waals surface area contributed by atoms with Crippen LogP contribution in [0.15, 0.2) is 18.2 Å². The van der Waals surface area contributed by atoms with Gasteiger partial charge in [-0.3, -0.25) is 14.9 Å². The van der Waals surface area contributed by atoms with Gasteiger partial charge in [-0.1, -0.05) is 12.2 Å². The molecule has 0 aromatic heterocycles. The van der Waals surface area contributed by atoms with Crippen molar-refractivity contribution in [1.29, 1.82) is 0 Å². The lowest BCUT2D eigenvalue weighted by Gasteiger charge is -2.06. The Labute approximate surface area is 116 Å². The Morgan fingerprint density at radius 3 is 2.80 bits per heavy atom. The Balaban J connectivity index is 2.88. The molecule has 0 fully saturated rings. The fourth-order valence-electron chi connectivity index (χ4n) is 1.58. The Bertz CT molecular complexity index is 541. The van der Waals surface area contributed by atoms with Gasteiger partial charge in [0, 0.05) is 19.0 Å². The van der Waals surface area contributed by atoms with Crippen LogP contribution in [0.2, 0.25) is 0 Å². The average molecular weight is 279 g/mol. The molecule has 0 spiro atoms. The van der Waals surface area contributed by atoms with Crippen molar-refractivity contribution in [3.05, 3.63) is 33.9 Å². The van der Waals surface area contributed by atoms with Gasteiger partial charge in [0.15, 0.2) is 0 Å². The number of carbonyl (C=O) groups excluding carboxylic acids is 1. The number of ether oxygens (including phenoxy) is 1. The summed E-state index contributed by atoms with van der Waals surface area (Å²) in [5.41, 5.74) is 6.17. The van der Waals surface area contributed by atoms with Crippen LogP contribution >= 0.6 is 0 Å². The molecule has 1 aromatic carbocycles. The van der Waals surface area contributed by atoms with E-state index in [4.69, 9.17) is 10.5 Å². The minimum Gasteiger partial charge on any atom is -0.496 e. The van der Waals surface area contributed by atoms with E-state index in [9.17, 15) is 14.9 Å².